The van der Waals surface area contributed by atoms with E-state index in [1.807, 2.05) is 4.90 Å². The van der Waals surface area contributed by atoms with Crippen LogP contribution in [0.3, 0.4) is 0 Å². The lowest BCUT2D eigenvalue weighted by molar-refractivity contribution is -0.115. The molecule has 0 spiro atoms. The normalized spacial score (nSPS) is 25.4. The van der Waals surface area contributed by atoms with Gasteiger partial charge < -0.3 is 15.2 Å². The third kappa shape index (κ3) is 3.60. The Kier molecular flexibility index (Phi) is 5.27. The van der Waals surface area contributed by atoms with Gasteiger partial charge in [-0.25, -0.2) is 18.5 Å². The van der Waals surface area contributed by atoms with Crippen molar-refractivity contribution in [1.82, 2.24) is 10.2 Å². The summed E-state index contributed by atoms with van der Waals surface area (Å²) >= 11 is 6.09. The van der Waals surface area contributed by atoms with Crippen LogP contribution >= 0.6 is 11.6 Å². The monoisotopic (exact) mass is 463 g/mol. The molecule has 32 heavy (non-hydrogen) atoms. The van der Waals surface area contributed by atoms with Crippen LogP contribution in [0.15, 0.2) is 30.3 Å². The van der Waals surface area contributed by atoms with Gasteiger partial charge in [0.2, 0.25) is 0 Å². The number of benzene rings is 2. The first-order valence-electron chi connectivity index (χ1n) is 10.3. The molecule has 2 saturated heterocycles. The van der Waals surface area contributed by atoms with Gasteiger partial charge in [-0.1, -0.05) is 11.6 Å². The molecule has 1 unspecified atom stereocenters. The Morgan fingerprint density at radius 1 is 1.16 bits per heavy atom. The molecule has 10 heteroatoms. The first-order valence-corrected chi connectivity index (χ1v) is 10.7. The lowest BCUT2D eigenvalue weighted by atomic mass is 10.1. The van der Waals surface area contributed by atoms with Crippen LogP contribution in [0.4, 0.5) is 19.3 Å². The van der Waals surface area contributed by atoms with Crippen molar-refractivity contribution in [2.45, 2.75) is 31.1 Å². The number of imide groups is 1. The molecule has 168 valence electrons. The van der Waals surface area contributed by atoms with Gasteiger partial charge in [-0.2, -0.15) is 0 Å². The van der Waals surface area contributed by atoms with Gasteiger partial charge >= 0.3 is 6.03 Å². The minimum Gasteiger partial charge on any atom is -0.481 e. The summed E-state index contributed by atoms with van der Waals surface area (Å²) in [5, 5.41) is 12.6. The van der Waals surface area contributed by atoms with Crippen LogP contribution in [0.2, 0.25) is 5.02 Å². The second-order valence-corrected chi connectivity index (χ2v) is 8.64. The zero-order chi connectivity index (χ0) is 22.6. The number of carbonyl (C=O) groups is 2. The molecule has 1 aliphatic carbocycles. The summed E-state index contributed by atoms with van der Waals surface area (Å²) < 4.78 is 35.5. The van der Waals surface area contributed by atoms with E-state index in [1.54, 1.807) is 6.07 Å². The average molecular weight is 464 g/mol. The molecule has 3 amide bonds. The minimum atomic E-state index is -0.753. The van der Waals surface area contributed by atoms with Crippen LogP contribution in [0.25, 0.3) is 0 Å². The van der Waals surface area contributed by atoms with Gasteiger partial charge in [0.25, 0.3) is 5.91 Å². The van der Waals surface area contributed by atoms with E-state index in [1.165, 1.54) is 18.2 Å². The molecule has 0 aromatic heterocycles. The van der Waals surface area contributed by atoms with E-state index in [0.717, 1.165) is 11.0 Å². The summed E-state index contributed by atoms with van der Waals surface area (Å²) in [4.78, 5) is 27.0. The average Bonchev–Trinajstić information content (AvgIpc) is 3.42. The predicted molar refractivity (Wildman–Crippen MR) is 112 cm³/mol. The van der Waals surface area contributed by atoms with Crippen molar-refractivity contribution in [2.24, 2.45) is 0 Å². The number of anilines is 1. The highest BCUT2D eigenvalue weighted by molar-refractivity contribution is 6.30. The van der Waals surface area contributed by atoms with Crippen molar-refractivity contribution < 1.29 is 28.2 Å². The summed E-state index contributed by atoms with van der Waals surface area (Å²) in [7, 11) is 0. The van der Waals surface area contributed by atoms with E-state index in [0.29, 0.717) is 37.1 Å². The van der Waals surface area contributed by atoms with Crippen molar-refractivity contribution in [3.8, 4) is 5.75 Å². The highest BCUT2D eigenvalue weighted by Gasteiger charge is 2.42. The van der Waals surface area contributed by atoms with Crippen LogP contribution < -0.4 is 15.0 Å². The first kappa shape index (κ1) is 21.1. The van der Waals surface area contributed by atoms with Crippen molar-refractivity contribution in [3.63, 3.8) is 0 Å². The Balaban J connectivity index is 1.52. The van der Waals surface area contributed by atoms with Crippen LogP contribution in [0.5, 0.6) is 5.75 Å². The number of carbonyl (C=O) groups excluding carboxylic acids is 2. The largest absolute Gasteiger partial charge is 0.481 e. The molecule has 3 aliphatic rings. The van der Waals surface area contributed by atoms with Crippen molar-refractivity contribution in [1.29, 1.82) is 0 Å². The summed E-state index contributed by atoms with van der Waals surface area (Å²) in [5.41, 5.74) is 1.13. The van der Waals surface area contributed by atoms with Gasteiger partial charge in [-0.05, 0) is 42.7 Å². The van der Waals surface area contributed by atoms with E-state index in [9.17, 15) is 23.5 Å². The number of nitrogens with one attached hydrogen (secondary N) is 1. The van der Waals surface area contributed by atoms with Gasteiger partial charge in [0.1, 0.15) is 11.9 Å². The fourth-order valence-corrected chi connectivity index (χ4v) is 4.90. The summed E-state index contributed by atoms with van der Waals surface area (Å²) in [5.74, 6) is -1.77. The van der Waals surface area contributed by atoms with E-state index in [2.05, 4.69) is 5.32 Å². The van der Waals surface area contributed by atoms with Gasteiger partial charge in [0.05, 0.1) is 24.4 Å². The zero-order valence-corrected chi connectivity index (χ0v) is 17.6. The first-order chi connectivity index (χ1) is 15.3. The number of likely N-dealkylation sites (tertiary alicyclic amines) is 1. The summed E-state index contributed by atoms with van der Waals surface area (Å²) in [6.45, 7) is 0.860. The summed E-state index contributed by atoms with van der Waals surface area (Å²) in [6.07, 6.45) is -0.341. The molecular formula is C22H20ClF2N3O4. The molecule has 2 fully saturated rings. The van der Waals surface area contributed by atoms with Crippen LogP contribution in [-0.2, 0) is 11.2 Å². The molecule has 0 saturated carbocycles. The SMILES string of the molecule is O=C1CNC(=O)N1c1ccc(F)c(O[C@H]2c3cc(Cl)cc(F)c3C[C@@H]2N2CCC(O)C2)c1. The molecule has 2 aromatic carbocycles. The van der Waals surface area contributed by atoms with Gasteiger partial charge in [0, 0.05) is 29.7 Å². The van der Waals surface area contributed by atoms with Crippen LogP contribution in [0, 0.1) is 11.6 Å². The number of aliphatic hydroxyl groups excluding tert-OH is 1. The fraction of sp³-hybridized carbons (Fsp3) is 0.364. The smallest absolute Gasteiger partial charge is 0.329 e. The second-order valence-electron chi connectivity index (χ2n) is 8.21. The maximum Gasteiger partial charge on any atom is 0.329 e. The third-order valence-electron chi connectivity index (χ3n) is 6.20. The third-order valence-corrected chi connectivity index (χ3v) is 6.42. The quantitative estimate of drug-likeness (QED) is 0.681. The van der Waals surface area contributed by atoms with Gasteiger partial charge in [-0.3, -0.25) is 9.69 Å². The number of amides is 3. The molecule has 5 rings (SSSR count). The Morgan fingerprint density at radius 3 is 2.66 bits per heavy atom. The zero-order valence-electron chi connectivity index (χ0n) is 16.9. The minimum absolute atomic E-state index is 0.139. The number of fused-ring (bicyclic) bond motifs is 1. The molecule has 0 bridgehead atoms. The van der Waals surface area contributed by atoms with Gasteiger partial charge in [0.15, 0.2) is 11.6 Å². The standard InChI is InChI=1S/C22H20ClF2N3O4/c23-11-5-15-14(17(25)6-11)8-18(27-4-3-13(29)10-27)21(15)32-19-7-12(1-2-16(19)24)28-20(30)9-26-22(28)31/h1-2,5-7,13,18,21,29H,3-4,8-10H2,(H,26,31)/t13?,18-,21-/m0/s1. The molecule has 7 nitrogen and oxygen atoms in total. The lowest BCUT2D eigenvalue weighted by Gasteiger charge is -2.30. The number of nitrogens with zero attached hydrogens (tertiary/aromatic N) is 2. The van der Waals surface area contributed by atoms with Gasteiger partial charge in [-0.15, -0.1) is 0 Å². The van der Waals surface area contributed by atoms with E-state index in [4.69, 9.17) is 16.3 Å². The van der Waals surface area contributed by atoms with Crippen molar-refractivity contribution in [2.75, 3.05) is 24.5 Å². The number of hydrogen-bond acceptors (Lipinski definition) is 5. The topological polar surface area (TPSA) is 82.1 Å². The molecule has 3 atom stereocenters. The Morgan fingerprint density at radius 2 is 1.97 bits per heavy atom. The molecule has 2 N–H and O–H groups in total. The molecule has 2 aromatic rings. The van der Waals surface area contributed by atoms with Crippen LogP contribution in [-0.4, -0.2) is 53.7 Å². The fourth-order valence-electron chi connectivity index (χ4n) is 4.69. The number of ether oxygens (including phenoxy) is 1. The Labute approximate surface area is 187 Å². The number of hydrogen-bond donors (Lipinski definition) is 2. The molecule has 2 heterocycles. The number of rotatable bonds is 4. The molecule has 2 aliphatic heterocycles. The number of urea groups is 1. The van der Waals surface area contributed by atoms with Crippen molar-refractivity contribution in [3.05, 3.63) is 58.1 Å². The lowest BCUT2D eigenvalue weighted by Crippen LogP contribution is -2.39. The summed E-state index contributed by atoms with van der Waals surface area (Å²) in [6, 6.07) is 5.62. The van der Waals surface area contributed by atoms with E-state index < -0.39 is 35.8 Å². The maximum absolute atomic E-state index is 14.7. The Hall–Kier alpha value is -2.75. The second kappa shape index (κ2) is 7.99. The highest BCUT2D eigenvalue weighted by atomic mass is 35.5. The Bertz CT molecular complexity index is 1100. The predicted octanol–water partition coefficient (Wildman–Crippen LogP) is 2.79. The van der Waals surface area contributed by atoms with E-state index in [-0.39, 0.29) is 29.0 Å². The molecule has 0 radical (unpaired) electrons. The number of β-amino-alcohol motifs (C(OH)–C–C–N with tert-alkyl or cyclic N) is 1. The maximum atomic E-state index is 14.7. The van der Waals surface area contributed by atoms with E-state index >= 15 is 0 Å². The number of halogens is 3. The van der Waals surface area contributed by atoms with Crippen molar-refractivity contribution >= 4 is 29.2 Å². The highest BCUT2D eigenvalue weighted by Crippen LogP contribution is 2.42. The number of aliphatic hydroxyl groups is 1. The van der Waals surface area contributed by atoms with Crippen LogP contribution in [0.1, 0.15) is 23.7 Å². The molecular weight excluding hydrogens is 444 g/mol.